The molecule has 0 heterocycles. The molecular weight excluding hydrogens is 492 g/mol. The second-order valence-electron chi connectivity index (χ2n) is 8.14. The van der Waals surface area contributed by atoms with Crippen LogP contribution in [0.25, 0.3) is 0 Å². The second kappa shape index (κ2) is 15.6. The zero-order chi connectivity index (χ0) is 27.3. The van der Waals surface area contributed by atoms with Crippen molar-refractivity contribution in [1.82, 2.24) is 16.0 Å². The lowest BCUT2D eigenvalue weighted by Gasteiger charge is -2.25. The maximum absolute atomic E-state index is 13.1. The van der Waals surface area contributed by atoms with Crippen LogP contribution >= 0.6 is 12.6 Å². The zero-order valence-corrected chi connectivity index (χ0v) is 20.6. The third-order valence-electron chi connectivity index (χ3n) is 5.14. The van der Waals surface area contributed by atoms with Crippen LogP contribution in [-0.2, 0) is 30.4 Å². The lowest BCUT2D eigenvalue weighted by molar-refractivity contribution is -0.143. The number of hydrogen-bond acceptors (Lipinski definition) is 9. The number of hydrogen-bond donors (Lipinski definition) is 9. The van der Waals surface area contributed by atoms with Gasteiger partial charge >= 0.3 is 5.97 Å². The van der Waals surface area contributed by atoms with Crippen LogP contribution in [0.1, 0.15) is 31.2 Å². The largest absolute Gasteiger partial charge is 0.508 e. The predicted molar refractivity (Wildman–Crippen MR) is 134 cm³/mol. The topological polar surface area (TPSA) is 240 Å². The van der Waals surface area contributed by atoms with Gasteiger partial charge in [0.25, 0.3) is 0 Å². The molecule has 1 aromatic carbocycles. The first-order valence-corrected chi connectivity index (χ1v) is 11.9. The summed E-state index contributed by atoms with van der Waals surface area (Å²) in [5.41, 5.74) is 16.8. The number of nitrogens with two attached hydrogens (primary N) is 3. The average Bonchev–Trinajstić information content (AvgIpc) is 2.82. The number of carboxylic acid groups (broad SMARTS) is 1. The predicted octanol–water partition coefficient (Wildman–Crippen LogP) is -2.26. The van der Waals surface area contributed by atoms with Crippen molar-refractivity contribution in [3.8, 4) is 5.75 Å². The van der Waals surface area contributed by atoms with Crippen LogP contribution in [0.3, 0.4) is 0 Å². The van der Waals surface area contributed by atoms with E-state index in [4.69, 9.17) is 17.2 Å². The number of primary amides is 1. The fraction of sp³-hybridized carbons (Fsp3) is 0.500. The van der Waals surface area contributed by atoms with Gasteiger partial charge in [0, 0.05) is 12.2 Å². The normalized spacial score (nSPS) is 14.1. The Hall–Kier alpha value is -3.36. The molecule has 0 saturated heterocycles. The summed E-state index contributed by atoms with van der Waals surface area (Å²) in [5.74, 6) is -4.58. The number of carboxylic acids is 1. The second-order valence-corrected chi connectivity index (χ2v) is 8.50. The van der Waals surface area contributed by atoms with Crippen LogP contribution in [-0.4, -0.2) is 76.3 Å². The van der Waals surface area contributed by atoms with E-state index in [1.54, 1.807) is 0 Å². The van der Waals surface area contributed by atoms with Gasteiger partial charge in [0.2, 0.25) is 23.6 Å². The van der Waals surface area contributed by atoms with Gasteiger partial charge in [-0.3, -0.25) is 19.2 Å². The summed E-state index contributed by atoms with van der Waals surface area (Å²) in [6, 6.07) is 0.900. The monoisotopic (exact) mass is 526 g/mol. The molecule has 36 heavy (non-hydrogen) atoms. The van der Waals surface area contributed by atoms with Crippen molar-refractivity contribution in [1.29, 1.82) is 0 Å². The molecule has 0 aromatic heterocycles. The number of phenolic OH excluding ortho intramolecular Hbond substituents is 1. The molecule has 0 aliphatic carbocycles. The van der Waals surface area contributed by atoms with E-state index in [0.29, 0.717) is 24.9 Å². The van der Waals surface area contributed by atoms with Crippen LogP contribution in [0.15, 0.2) is 24.3 Å². The Balaban J connectivity index is 3.15. The number of carbonyl (C=O) groups excluding carboxylic acids is 4. The molecule has 4 atom stereocenters. The molecule has 0 spiro atoms. The van der Waals surface area contributed by atoms with Gasteiger partial charge in [-0.15, -0.1) is 0 Å². The molecule has 13 nitrogen and oxygen atoms in total. The van der Waals surface area contributed by atoms with E-state index in [2.05, 4.69) is 28.6 Å². The lowest BCUT2D eigenvalue weighted by Crippen LogP contribution is -2.58. The van der Waals surface area contributed by atoms with E-state index in [1.807, 2.05) is 0 Å². The first-order valence-electron chi connectivity index (χ1n) is 11.2. The number of aromatic hydroxyl groups is 1. The molecule has 4 amide bonds. The van der Waals surface area contributed by atoms with E-state index >= 15 is 0 Å². The maximum Gasteiger partial charge on any atom is 0.326 e. The molecule has 1 rings (SSSR count). The Morgan fingerprint density at radius 1 is 0.889 bits per heavy atom. The third-order valence-corrected chi connectivity index (χ3v) is 5.54. The molecule has 0 aliphatic rings. The highest BCUT2D eigenvalue weighted by atomic mass is 32.1. The Morgan fingerprint density at radius 3 is 1.97 bits per heavy atom. The number of amides is 4. The molecule has 11 N–H and O–H groups in total. The highest BCUT2D eigenvalue weighted by molar-refractivity contribution is 7.80. The minimum atomic E-state index is -1.61. The van der Waals surface area contributed by atoms with Crippen LogP contribution in [0.2, 0.25) is 0 Å². The first kappa shape index (κ1) is 30.7. The van der Waals surface area contributed by atoms with E-state index in [-0.39, 0.29) is 24.3 Å². The number of rotatable bonds is 16. The Morgan fingerprint density at radius 2 is 1.44 bits per heavy atom. The van der Waals surface area contributed by atoms with E-state index in [0.717, 1.165) is 0 Å². The van der Waals surface area contributed by atoms with Gasteiger partial charge in [-0.05, 0) is 43.5 Å². The molecule has 14 heteroatoms. The number of phenols is 1. The summed E-state index contributed by atoms with van der Waals surface area (Å²) in [6.45, 7) is 0.376. The van der Waals surface area contributed by atoms with Crippen molar-refractivity contribution in [2.24, 2.45) is 17.2 Å². The Bertz CT molecular complexity index is 915. The molecular formula is C22H34N6O7S. The van der Waals surface area contributed by atoms with Crippen LogP contribution in [0, 0.1) is 0 Å². The first-order chi connectivity index (χ1) is 17.0. The van der Waals surface area contributed by atoms with Crippen molar-refractivity contribution >= 4 is 42.2 Å². The van der Waals surface area contributed by atoms with Gasteiger partial charge in [0.15, 0.2) is 0 Å². The molecule has 0 fully saturated rings. The summed E-state index contributed by atoms with van der Waals surface area (Å²) in [7, 11) is 0. The maximum atomic E-state index is 13.1. The van der Waals surface area contributed by atoms with Gasteiger partial charge < -0.3 is 43.4 Å². The molecule has 4 unspecified atom stereocenters. The molecule has 0 bridgehead atoms. The summed E-state index contributed by atoms with van der Waals surface area (Å²) in [6.07, 6.45) is 0.560. The Labute approximate surface area is 213 Å². The van der Waals surface area contributed by atoms with Crippen molar-refractivity contribution in [3.05, 3.63) is 29.8 Å². The van der Waals surface area contributed by atoms with Gasteiger partial charge in [-0.2, -0.15) is 12.6 Å². The minimum Gasteiger partial charge on any atom is -0.508 e. The summed E-state index contributed by atoms with van der Waals surface area (Å²) in [5, 5.41) is 26.1. The Kier molecular flexibility index (Phi) is 13.3. The van der Waals surface area contributed by atoms with Gasteiger partial charge in [-0.25, -0.2) is 4.79 Å². The smallest absolute Gasteiger partial charge is 0.326 e. The number of thiol groups is 1. The highest BCUT2D eigenvalue weighted by Crippen LogP contribution is 2.12. The number of benzene rings is 1. The van der Waals surface area contributed by atoms with Gasteiger partial charge in [-0.1, -0.05) is 12.1 Å². The number of nitrogens with one attached hydrogen (secondary N) is 3. The molecule has 0 aliphatic heterocycles. The van der Waals surface area contributed by atoms with Crippen molar-refractivity contribution in [2.75, 3.05) is 12.3 Å². The quantitative estimate of drug-likeness (QED) is 0.0832. The molecule has 0 radical (unpaired) electrons. The molecule has 1 aromatic rings. The van der Waals surface area contributed by atoms with Crippen molar-refractivity contribution < 1.29 is 34.2 Å². The molecule has 0 saturated carbocycles. The number of unbranched alkanes of at least 4 members (excludes halogenated alkanes) is 1. The van der Waals surface area contributed by atoms with Gasteiger partial charge in [0.1, 0.15) is 23.9 Å². The number of aliphatic carboxylic acids is 1. The van der Waals surface area contributed by atoms with Crippen LogP contribution in [0.5, 0.6) is 5.75 Å². The molecule has 200 valence electrons. The van der Waals surface area contributed by atoms with E-state index in [9.17, 15) is 34.2 Å². The summed E-state index contributed by atoms with van der Waals surface area (Å²) < 4.78 is 0. The fourth-order valence-corrected chi connectivity index (χ4v) is 3.31. The summed E-state index contributed by atoms with van der Waals surface area (Å²) >= 11 is 3.98. The SMILES string of the molecule is NCCCCC(NC(=O)C(N)CS)C(=O)NC(Cc1ccc(O)cc1)C(=O)NC(CC(N)=O)C(=O)O. The van der Waals surface area contributed by atoms with Crippen molar-refractivity contribution in [3.63, 3.8) is 0 Å². The standard InChI is InChI=1S/C22H34N6O7S/c23-8-2-1-3-15(26-19(31)14(24)11-36)20(32)27-16(9-12-4-6-13(29)7-5-12)21(33)28-17(22(34)35)10-18(25)30/h4-7,14-17,29,36H,1-3,8-11,23-24H2,(H2,25,30)(H,26,31)(H,27,32)(H,28,33)(H,34,35). The minimum absolute atomic E-state index is 0.0144. The zero-order valence-electron chi connectivity index (χ0n) is 19.7. The van der Waals surface area contributed by atoms with E-state index < -0.39 is 60.2 Å². The number of carbonyl (C=O) groups is 5. The fourth-order valence-electron chi connectivity index (χ4n) is 3.15. The highest BCUT2D eigenvalue weighted by Gasteiger charge is 2.30. The van der Waals surface area contributed by atoms with Crippen LogP contribution < -0.4 is 33.2 Å². The summed E-state index contributed by atoms with van der Waals surface area (Å²) in [4.78, 5) is 61.1. The van der Waals surface area contributed by atoms with Gasteiger partial charge in [0.05, 0.1) is 12.5 Å². The average molecular weight is 527 g/mol. The van der Waals surface area contributed by atoms with Crippen molar-refractivity contribution in [2.45, 2.75) is 56.3 Å². The third kappa shape index (κ3) is 10.9. The lowest BCUT2D eigenvalue weighted by atomic mass is 10.0. The van der Waals surface area contributed by atoms with E-state index in [1.165, 1.54) is 24.3 Å². The van der Waals surface area contributed by atoms with Crippen LogP contribution in [0.4, 0.5) is 0 Å².